The van der Waals surface area contributed by atoms with Crippen LogP contribution in [0.1, 0.15) is 25.7 Å². The first-order chi connectivity index (χ1) is 6.72. The molecular formula is C10H16O3S. The lowest BCUT2D eigenvalue weighted by atomic mass is 10.0. The summed E-state index contributed by atoms with van der Waals surface area (Å²) in [7, 11) is 0. The van der Waals surface area contributed by atoms with E-state index in [1.165, 1.54) is 0 Å². The van der Waals surface area contributed by atoms with Crippen molar-refractivity contribution in [1.29, 1.82) is 0 Å². The lowest BCUT2D eigenvalue weighted by Crippen LogP contribution is -2.18. The fourth-order valence-corrected chi connectivity index (χ4v) is 1.62. The van der Waals surface area contributed by atoms with Gasteiger partial charge in [-0.1, -0.05) is 6.08 Å². The molecule has 3 nitrogen and oxygen atoms in total. The van der Waals surface area contributed by atoms with E-state index in [9.17, 15) is 9.90 Å². The van der Waals surface area contributed by atoms with E-state index in [4.69, 9.17) is 4.74 Å². The largest absolute Gasteiger partial charge is 0.450 e. The highest BCUT2D eigenvalue weighted by Crippen LogP contribution is 2.16. The molecule has 1 aliphatic rings. The van der Waals surface area contributed by atoms with Gasteiger partial charge in [0.15, 0.2) is 0 Å². The van der Waals surface area contributed by atoms with Crippen molar-refractivity contribution < 1.29 is 14.6 Å². The molecule has 0 heterocycles. The third-order valence-electron chi connectivity index (χ3n) is 2.22. The first-order valence-corrected chi connectivity index (χ1v) is 6.04. The number of rotatable bonds is 1. The fraction of sp³-hybridized carbons (Fsp3) is 0.700. The maximum absolute atomic E-state index is 11.0. The number of hydrogen-bond acceptors (Lipinski definition) is 4. The number of aliphatic hydroxyl groups is 1. The van der Waals surface area contributed by atoms with Gasteiger partial charge in [0, 0.05) is 0 Å². The number of carbonyl (C=O) groups is 1. The number of carbonyl (C=O) groups excluding carboxylic acids is 1. The molecule has 4 heteroatoms. The zero-order valence-corrected chi connectivity index (χ0v) is 9.13. The molecule has 80 valence electrons. The van der Waals surface area contributed by atoms with E-state index < -0.39 is 0 Å². The van der Waals surface area contributed by atoms with Crippen LogP contribution in [-0.2, 0) is 4.74 Å². The van der Waals surface area contributed by atoms with Crippen LogP contribution in [0.3, 0.4) is 0 Å². The summed E-state index contributed by atoms with van der Waals surface area (Å²) in [4.78, 5) is 11.0. The number of hydrogen-bond donors (Lipinski definition) is 1. The Morgan fingerprint density at radius 3 is 3.00 bits per heavy atom. The van der Waals surface area contributed by atoms with Crippen LogP contribution in [0, 0.1) is 0 Å². The van der Waals surface area contributed by atoms with E-state index in [2.05, 4.69) is 0 Å². The maximum atomic E-state index is 11.0. The number of thioether (sulfide) groups is 1. The predicted octanol–water partition coefficient (Wildman–Crippen LogP) is 2.35. The van der Waals surface area contributed by atoms with Crippen molar-refractivity contribution >= 4 is 17.1 Å². The lowest BCUT2D eigenvalue weighted by Gasteiger charge is -2.18. The van der Waals surface area contributed by atoms with Crippen LogP contribution in [0.2, 0.25) is 0 Å². The van der Waals surface area contributed by atoms with Gasteiger partial charge in [0.1, 0.15) is 6.10 Å². The molecular weight excluding hydrogens is 200 g/mol. The van der Waals surface area contributed by atoms with Gasteiger partial charge in [0.05, 0.1) is 6.10 Å². The second-order valence-electron chi connectivity index (χ2n) is 3.35. The van der Waals surface area contributed by atoms with Crippen LogP contribution < -0.4 is 0 Å². The van der Waals surface area contributed by atoms with Gasteiger partial charge in [-0.25, -0.2) is 4.79 Å². The molecule has 2 atom stereocenters. The molecule has 0 unspecified atom stereocenters. The average molecular weight is 216 g/mol. The lowest BCUT2D eigenvalue weighted by molar-refractivity contribution is 0.108. The summed E-state index contributed by atoms with van der Waals surface area (Å²) in [5.41, 5.74) is 0. The minimum absolute atomic E-state index is 0.162. The van der Waals surface area contributed by atoms with Crippen molar-refractivity contribution in [3.05, 3.63) is 12.2 Å². The molecule has 1 rings (SSSR count). The highest BCUT2D eigenvalue weighted by Gasteiger charge is 2.15. The zero-order valence-electron chi connectivity index (χ0n) is 8.31. The summed E-state index contributed by atoms with van der Waals surface area (Å²) in [6.07, 6.45) is 8.25. The molecule has 0 saturated heterocycles. The van der Waals surface area contributed by atoms with Crippen molar-refractivity contribution in [2.75, 3.05) is 6.26 Å². The molecule has 0 aromatic heterocycles. The molecule has 0 radical (unpaired) electrons. The van der Waals surface area contributed by atoms with Gasteiger partial charge in [-0.2, -0.15) is 0 Å². The Bertz CT molecular complexity index is 215. The predicted molar refractivity (Wildman–Crippen MR) is 57.4 cm³/mol. The van der Waals surface area contributed by atoms with Crippen LogP contribution in [0.15, 0.2) is 12.2 Å². The first-order valence-electron chi connectivity index (χ1n) is 4.81. The Hall–Kier alpha value is -0.480. The van der Waals surface area contributed by atoms with Gasteiger partial charge >= 0.3 is 5.30 Å². The van der Waals surface area contributed by atoms with E-state index in [1.54, 1.807) is 6.26 Å². The molecule has 1 aliphatic carbocycles. The molecule has 0 aromatic rings. The van der Waals surface area contributed by atoms with Gasteiger partial charge < -0.3 is 9.84 Å². The second kappa shape index (κ2) is 6.09. The normalized spacial score (nSPS) is 30.1. The average Bonchev–Trinajstić information content (AvgIpc) is 2.16. The van der Waals surface area contributed by atoms with Crippen molar-refractivity contribution in [3.8, 4) is 0 Å². The Kier molecular flexibility index (Phi) is 5.04. The Morgan fingerprint density at radius 2 is 2.29 bits per heavy atom. The summed E-state index contributed by atoms with van der Waals surface area (Å²) in [6.45, 7) is 0. The molecule has 0 bridgehead atoms. The van der Waals surface area contributed by atoms with E-state index in [0.717, 1.165) is 24.6 Å². The van der Waals surface area contributed by atoms with Crippen LogP contribution in [-0.4, -0.2) is 28.9 Å². The van der Waals surface area contributed by atoms with Gasteiger partial charge in [-0.05, 0) is 49.8 Å². The van der Waals surface area contributed by atoms with E-state index in [1.807, 2.05) is 12.2 Å². The fourth-order valence-electron chi connectivity index (χ4n) is 1.40. The number of ether oxygens (including phenoxy) is 1. The maximum Gasteiger partial charge on any atom is 0.367 e. The third-order valence-corrected chi connectivity index (χ3v) is 2.65. The summed E-state index contributed by atoms with van der Waals surface area (Å²) in [5.74, 6) is 0. The zero-order chi connectivity index (χ0) is 10.4. The Labute approximate surface area is 88.5 Å². The highest BCUT2D eigenvalue weighted by atomic mass is 32.2. The van der Waals surface area contributed by atoms with Crippen molar-refractivity contribution in [2.24, 2.45) is 0 Å². The summed E-state index contributed by atoms with van der Waals surface area (Å²) in [5, 5.41) is 9.19. The van der Waals surface area contributed by atoms with E-state index in [0.29, 0.717) is 12.8 Å². The molecule has 0 aliphatic heterocycles. The smallest absolute Gasteiger partial charge is 0.367 e. The van der Waals surface area contributed by atoms with Crippen LogP contribution in [0.25, 0.3) is 0 Å². The molecule has 1 N–H and O–H groups in total. The molecule has 0 aromatic carbocycles. The Balaban J connectivity index is 2.42. The first kappa shape index (κ1) is 11.6. The quantitative estimate of drug-likeness (QED) is 0.540. The number of aliphatic hydroxyl groups excluding tert-OH is 1. The molecule has 14 heavy (non-hydrogen) atoms. The van der Waals surface area contributed by atoms with Gasteiger partial charge in [-0.15, -0.1) is 0 Å². The minimum atomic E-state index is -0.255. The minimum Gasteiger partial charge on any atom is -0.450 e. The molecule has 0 fully saturated rings. The topological polar surface area (TPSA) is 46.5 Å². The number of allylic oxidation sites excluding steroid dienone is 1. The molecule has 0 amide bonds. The summed E-state index contributed by atoms with van der Waals surface area (Å²) >= 11 is 1.07. The monoisotopic (exact) mass is 216 g/mol. The molecule has 0 spiro atoms. The standard InChI is InChI=1S/C10H16O3S/c1-14-10(12)13-9-5-3-2-4-8(11)6-7-9/h3,5,8-9,11H,2,4,6-7H2,1H3/b5-3+/t8-,9-/m1/s1. The van der Waals surface area contributed by atoms with E-state index in [-0.39, 0.29) is 17.5 Å². The molecule has 0 saturated carbocycles. The van der Waals surface area contributed by atoms with Crippen LogP contribution >= 0.6 is 11.8 Å². The third kappa shape index (κ3) is 4.15. The van der Waals surface area contributed by atoms with Crippen LogP contribution in [0.4, 0.5) is 4.79 Å². The SMILES string of the molecule is CSC(=O)O[C@@H]1/C=C/CC[C@@H](O)CC1. The summed E-state index contributed by atoms with van der Waals surface area (Å²) < 4.78 is 5.15. The highest BCUT2D eigenvalue weighted by molar-refractivity contribution is 8.12. The van der Waals surface area contributed by atoms with Gasteiger partial charge in [0.25, 0.3) is 0 Å². The second-order valence-corrected chi connectivity index (χ2v) is 4.09. The van der Waals surface area contributed by atoms with Crippen molar-refractivity contribution in [2.45, 2.75) is 37.9 Å². The summed E-state index contributed by atoms with van der Waals surface area (Å²) in [6, 6.07) is 0. The Morgan fingerprint density at radius 1 is 1.50 bits per heavy atom. The van der Waals surface area contributed by atoms with Crippen LogP contribution in [0.5, 0.6) is 0 Å². The van der Waals surface area contributed by atoms with Gasteiger partial charge in [0.2, 0.25) is 0 Å². The van der Waals surface area contributed by atoms with E-state index >= 15 is 0 Å². The van der Waals surface area contributed by atoms with Crippen molar-refractivity contribution in [1.82, 2.24) is 0 Å². The van der Waals surface area contributed by atoms with Crippen molar-refractivity contribution in [3.63, 3.8) is 0 Å². The van der Waals surface area contributed by atoms with Gasteiger partial charge in [-0.3, -0.25) is 0 Å².